The van der Waals surface area contributed by atoms with Gasteiger partial charge in [-0.3, -0.25) is 4.90 Å². The molecule has 6 nitrogen and oxygen atoms in total. The van der Waals surface area contributed by atoms with Crippen LogP contribution in [0.3, 0.4) is 0 Å². The standard InChI is InChI=1S/C11H12N4O2/c16-11(17)15-4-1-2-9(15)14-5-3-8-6-12-7-13-10(8)14/h3,5-7,9H,1-2,4H2,(H,16,17). The molecule has 3 rings (SSSR count). The molecule has 1 fully saturated rings. The van der Waals surface area contributed by atoms with Gasteiger partial charge in [0.05, 0.1) is 0 Å². The smallest absolute Gasteiger partial charge is 0.408 e. The van der Waals surface area contributed by atoms with Crippen LogP contribution in [0.1, 0.15) is 19.0 Å². The number of nitrogens with zero attached hydrogens (tertiary/aromatic N) is 4. The average molecular weight is 232 g/mol. The summed E-state index contributed by atoms with van der Waals surface area (Å²) in [6, 6.07) is 1.91. The van der Waals surface area contributed by atoms with E-state index in [4.69, 9.17) is 5.11 Å². The van der Waals surface area contributed by atoms with Crippen molar-refractivity contribution < 1.29 is 9.90 Å². The molecule has 6 heteroatoms. The Balaban J connectivity index is 2.06. The molecule has 1 saturated heterocycles. The van der Waals surface area contributed by atoms with E-state index < -0.39 is 6.09 Å². The molecular weight excluding hydrogens is 220 g/mol. The Labute approximate surface area is 97.5 Å². The Hall–Kier alpha value is -2.11. The van der Waals surface area contributed by atoms with E-state index in [0.717, 1.165) is 23.9 Å². The highest BCUT2D eigenvalue weighted by atomic mass is 16.4. The van der Waals surface area contributed by atoms with Crippen LogP contribution in [-0.4, -0.2) is 37.2 Å². The molecule has 0 aliphatic carbocycles. The van der Waals surface area contributed by atoms with Crippen molar-refractivity contribution in [1.82, 2.24) is 19.4 Å². The number of hydrogen-bond donors (Lipinski definition) is 1. The topological polar surface area (TPSA) is 71.2 Å². The van der Waals surface area contributed by atoms with Crippen LogP contribution in [0.4, 0.5) is 4.79 Å². The van der Waals surface area contributed by atoms with Crippen molar-refractivity contribution in [2.24, 2.45) is 0 Å². The van der Waals surface area contributed by atoms with Gasteiger partial charge in [0.1, 0.15) is 18.1 Å². The van der Waals surface area contributed by atoms with E-state index in [0.29, 0.717) is 6.54 Å². The largest absolute Gasteiger partial charge is 0.465 e. The summed E-state index contributed by atoms with van der Waals surface area (Å²) in [6.07, 6.45) is 5.81. The Morgan fingerprint density at radius 1 is 1.53 bits per heavy atom. The van der Waals surface area contributed by atoms with Crippen LogP contribution in [-0.2, 0) is 0 Å². The number of amides is 1. The summed E-state index contributed by atoms with van der Waals surface area (Å²) < 4.78 is 1.91. The van der Waals surface area contributed by atoms with Gasteiger partial charge in [0.25, 0.3) is 0 Å². The maximum Gasteiger partial charge on any atom is 0.408 e. The molecule has 17 heavy (non-hydrogen) atoms. The zero-order valence-corrected chi connectivity index (χ0v) is 9.15. The average Bonchev–Trinajstić information content (AvgIpc) is 2.94. The lowest BCUT2D eigenvalue weighted by Gasteiger charge is -2.23. The third kappa shape index (κ3) is 1.52. The van der Waals surface area contributed by atoms with E-state index in [1.165, 1.54) is 11.2 Å². The first kappa shape index (κ1) is 10.1. The normalized spacial score (nSPS) is 20.0. The van der Waals surface area contributed by atoms with Crippen molar-refractivity contribution in [3.8, 4) is 0 Å². The van der Waals surface area contributed by atoms with Crippen LogP contribution < -0.4 is 0 Å². The van der Waals surface area contributed by atoms with E-state index in [2.05, 4.69) is 9.97 Å². The van der Waals surface area contributed by atoms with Crippen LogP contribution in [0.15, 0.2) is 24.8 Å². The molecule has 1 N–H and O–H groups in total. The van der Waals surface area contributed by atoms with Crippen molar-refractivity contribution in [3.05, 3.63) is 24.8 Å². The highest BCUT2D eigenvalue weighted by Gasteiger charge is 2.30. The first-order chi connectivity index (χ1) is 8.27. The minimum Gasteiger partial charge on any atom is -0.465 e. The molecule has 1 aliphatic heterocycles. The molecule has 0 aromatic carbocycles. The molecule has 0 saturated carbocycles. The van der Waals surface area contributed by atoms with Gasteiger partial charge in [-0.1, -0.05) is 0 Å². The van der Waals surface area contributed by atoms with Crippen LogP contribution in [0.2, 0.25) is 0 Å². The number of carbonyl (C=O) groups is 1. The van der Waals surface area contributed by atoms with Crippen molar-refractivity contribution in [2.45, 2.75) is 19.0 Å². The summed E-state index contributed by atoms with van der Waals surface area (Å²) in [6.45, 7) is 0.588. The maximum absolute atomic E-state index is 11.1. The molecule has 2 aromatic rings. The molecule has 2 aromatic heterocycles. The van der Waals surface area contributed by atoms with Gasteiger partial charge in [0, 0.05) is 24.3 Å². The van der Waals surface area contributed by atoms with Gasteiger partial charge in [-0.05, 0) is 18.9 Å². The Kier molecular flexibility index (Phi) is 2.21. The quantitative estimate of drug-likeness (QED) is 0.812. The monoisotopic (exact) mass is 232 g/mol. The fourth-order valence-electron chi connectivity index (χ4n) is 2.40. The molecule has 1 atom stereocenters. The van der Waals surface area contributed by atoms with Gasteiger partial charge in [0.15, 0.2) is 0 Å². The summed E-state index contributed by atoms with van der Waals surface area (Å²) in [5.74, 6) is 0. The summed E-state index contributed by atoms with van der Waals surface area (Å²) in [7, 11) is 0. The van der Waals surface area contributed by atoms with Crippen molar-refractivity contribution >= 4 is 17.1 Å². The van der Waals surface area contributed by atoms with Crippen molar-refractivity contribution in [3.63, 3.8) is 0 Å². The third-order valence-electron chi connectivity index (χ3n) is 3.17. The summed E-state index contributed by atoms with van der Waals surface area (Å²) in [5.41, 5.74) is 0.790. The number of aromatic nitrogens is 3. The van der Waals surface area contributed by atoms with Crippen LogP contribution in [0.25, 0.3) is 11.0 Å². The van der Waals surface area contributed by atoms with E-state index >= 15 is 0 Å². The lowest BCUT2D eigenvalue weighted by Crippen LogP contribution is -2.31. The van der Waals surface area contributed by atoms with Gasteiger partial charge >= 0.3 is 6.09 Å². The molecule has 3 heterocycles. The second-order valence-electron chi connectivity index (χ2n) is 4.12. The van der Waals surface area contributed by atoms with Crippen molar-refractivity contribution in [1.29, 1.82) is 0 Å². The number of carboxylic acid groups (broad SMARTS) is 1. The Morgan fingerprint density at radius 2 is 2.41 bits per heavy atom. The first-order valence-electron chi connectivity index (χ1n) is 5.53. The molecule has 0 radical (unpaired) electrons. The number of rotatable bonds is 1. The van der Waals surface area contributed by atoms with E-state index in [1.54, 1.807) is 6.20 Å². The second-order valence-corrected chi connectivity index (χ2v) is 4.12. The van der Waals surface area contributed by atoms with E-state index in [-0.39, 0.29) is 6.17 Å². The zero-order chi connectivity index (χ0) is 11.8. The van der Waals surface area contributed by atoms with Crippen LogP contribution in [0, 0.1) is 0 Å². The number of fused-ring (bicyclic) bond motifs is 1. The predicted molar refractivity (Wildman–Crippen MR) is 60.5 cm³/mol. The summed E-state index contributed by atoms with van der Waals surface area (Å²) in [4.78, 5) is 20.7. The first-order valence-corrected chi connectivity index (χ1v) is 5.53. The molecule has 0 spiro atoms. The molecule has 88 valence electrons. The third-order valence-corrected chi connectivity index (χ3v) is 3.17. The molecular formula is C11H12N4O2. The second kappa shape index (κ2) is 3.73. The maximum atomic E-state index is 11.1. The highest BCUT2D eigenvalue weighted by molar-refractivity contribution is 5.75. The Morgan fingerprint density at radius 3 is 3.24 bits per heavy atom. The lowest BCUT2D eigenvalue weighted by molar-refractivity contribution is 0.125. The lowest BCUT2D eigenvalue weighted by atomic mass is 10.3. The summed E-state index contributed by atoms with van der Waals surface area (Å²) >= 11 is 0. The van der Waals surface area contributed by atoms with Gasteiger partial charge in [-0.15, -0.1) is 0 Å². The van der Waals surface area contributed by atoms with Crippen molar-refractivity contribution in [2.75, 3.05) is 6.54 Å². The van der Waals surface area contributed by atoms with E-state index in [9.17, 15) is 4.79 Å². The van der Waals surface area contributed by atoms with Gasteiger partial charge < -0.3 is 9.67 Å². The molecule has 0 bridgehead atoms. The molecule has 1 unspecified atom stereocenters. The fourth-order valence-corrected chi connectivity index (χ4v) is 2.40. The minimum atomic E-state index is -0.872. The van der Waals surface area contributed by atoms with Gasteiger partial charge in [-0.25, -0.2) is 14.8 Å². The number of likely N-dealkylation sites (tertiary alicyclic amines) is 1. The molecule has 1 amide bonds. The highest BCUT2D eigenvalue weighted by Crippen LogP contribution is 2.29. The number of hydrogen-bond acceptors (Lipinski definition) is 3. The molecule has 1 aliphatic rings. The minimum absolute atomic E-state index is 0.139. The summed E-state index contributed by atoms with van der Waals surface area (Å²) in [5, 5.41) is 10.1. The van der Waals surface area contributed by atoms with Crippen LogP contribution >= 0.6 is 0 Å². The SMILES string of the molecule is O=C(O)N1CCCC1n1ccc2cncnc21. The predicted octanol–water partition coefficient (Wildman–Crippen LogP) is 1.70. The van der Waals surface area contributed by atoms with Crippen LogP contribution in [0.5, 0.6) is 0 Å². The van der Waals surface area contributed by atoms with Gasteiger partial charge in [0.2, 0.25) is 0 Å². The van der Waals surface area contributed by atoms with E-state index in [1.807, 2.05) is 16.8 Å². The van der Waals surface area contributed by atoms with Gasteiger partial charge in [-0.2, -0.15) is 0 Å². The zero-order valence-electron chi connectivity index (χ0n) is 9.15. The fraction of sp³-hybridized carbons (Fsp3) is 0.364. The Bertz CT molecular complexity index is 565.